The van der Waals surface area contributed by atoms with E-state index < -0.39 is 4.92 Å². The molecule has 0 spiro atoms. The Bertz CT molecular complexity index is 435. The molecule has 19 heavy (non-hydrogen) atoms. The summed E-state index contributed by atoms with van der Waals surface area (Å²) in [5.74, 6) is 0.447. The lowest BCUT2D eigenvalue weighted by molar-refractivity contribution is -0.384. The maximum atomic E-state index is 10.7. The Balaban J connectivity index is 2.70. The van der Waals surface area contributed by atoms with Crippen molar-refractivity contribution in [2.75, 3.05) is 6.61 Å². The second kappa shape index (κ2) is 7.06. The number of nitrogens with zero attached hydrogens (tertiary/aromatic N) is 1. The standard InChI is InChI=1S/C13H20N2O4/c1-9(2)5-11(8-16)14-7-10-6-12(15(18)19)3-4-13(10)17/h3-4,6,9,11,14,16-17H,5,7-8H2,1-2H3. The Morgan fingerprint density at radius 1 is 1.42 bits per heavy atom. The van der Waals surface area contributed by atoms with Gasteiger partial charge in [-0.05, 0) is 18.4 Å². The summed E-state index contributed by atoms with van der Waals surface area (Å²) in [7, 11) is 0. The number of benzene rings is 1. The average molecular weight is 268 g/mol. The minimum atomic E-state index is -0.499. The first-order chi connectivity index (χ1) is 8.93. The molecule has 0 aliphatic heterocycles. The van der Waals surface area contributed by atoms with E-state index in [2.05, 4.69) is 19.2 Å². The molecule has 0 aliphatic rings. The maximum Gasteiger partial charge on any atom is 0.270 e. The van der Waals surface area contributed by atoms with Gasteiger partial charge in [-0.25, -0.2) is 0 Å². The molecule has 106 valence electrons. The van der Waals surface area contributed by atoms with Gasteiger partial charge < -0.3 is 15.5 Å². The molecule has 0 heterocycles. The molecule has 1 rings (SSSR count). The van der Waals surface area contributed by atoms with E-state index in [1.165, 1.54) is 18.2 Å². The van der Waals surface area contributed by atoms with Crippen LogP contribution in [0.3, 0.4) is 0 Å². The number of aromatic hydroxyl groups is 1. The van der Waals surface area contributed by atoms with E-state index in [0.29, 0.717) is 11.5 Å². The number of phenols is 1. The third-order valence-corrected chi connectivity index (χ3v) is 2.83. The van der Waals surface area contributed by atoms with E-state index >= 15 is 0 Å². The monoisotopic (exact) mass is 268 g/mol. The fourth-order valence-electron chi connectivity index (χ4n) is 1.87. The van der Waals surface area contributed by atoms with E-state index in [0.717, 1.165) is 6.42 Å². The number of aliphatic hydroxyl groups is 1. The van der Waals surface area contributed by atoms with Crippen molar-refractivity contribution in [1.82, 2.24) is 5.32 Å². The molecule has 0 fully saturated rings. The first kappa shape index (κ1) is 15.4. The van der Waals surface area contributed by atoms with Crippen LogP contribution in [0.1, 0.15) is 25.8 Å². The number of aliphatic hydroxyl groups excluding tert-OH is 1. The van der Waals surface area contributed by atoms with E-state index in [1.807, 2.05) is 0 Å². The molecule has 0 saturated carbocycles. The summed E-state index contributed by atoms with van der Waals surface area (Å²) in [5, 5.41) is 32.7. The smallest absolute Gasteiger partial charge is 0.270 e. The number of nitrogens with one attached hydrogen (secondary N) is 1. The zero-order valence-corrected chi connectivity index (χ0v) is 11.2. The Kier molecular flexibility index (Phi) is 5.72. The van der Waals surface area contributed by atoms with Crippen molar-refractivity contribution in [3.63, 3.8) is 0 Å². The van der Waals surface area contributed by atoms with E-state index in [9.17, 15) is 20.3 Å². The molecule has 0 bridgehead atoms. The summed E-state index contributed by atoms with van der Waals surface area (Å²) in [5.41, 5.74) is 0.399. The molecule has 0 aromatic heterocycles. The molecule has 0 saturated heterocycles. The highest BCUT2D eigenvalue weighted by Crippen LogP contribution is 2.23. The normalized spacial score (nSPS) is 12.6. The second-order valence-corrected chi connectivity index (χ2v) is 4.96. The van der Waals surface area contributed by atoms with Crippen LogP contribution in [0.2, 0.25) is 0 Å². The summed E-state index contributed by atoms with van der Waals surface area (Å²) in [4.78, 5) is 10.2. The Morgan fingerprint density at radius 3 is 2.63 bits per heavy atom. The van der Waals surface area contributed by atoms with Crippen LogP contribution in [0.4, 0.5) is 5.69 Å². The Morgan fingerprint density at radius 2 is 2.11 bits per heavy atom. The maximum absolute atomic E-state index is 10.7. The van der Waals surface area contributed by atoms with Gasteiger partial charge in [0.15, 0.2) is 0 Å². The predicted octanol–water partition coefficient (Wildman–Crippen LogP) is 1.80. The number of hydrogen-bond donors (Lipinski definition) is 3. The number of hydrogen-bond acceptors (Lipinski definition) is 5. The summed E-state index contributed by atoms with van der Waals surface area (Å²) in [6, 6.07) is 3.83. The second-order valence-electron chi connectivity index (χ2n) is 4.96. The molecule has 6 heteroatoms. The number of nitro groups is 1. The fourth-order valence-corrected chi connectivity index (χ4v) is 1.87. The number of phenolic OH excluding ortho intramolecular Hbond substituents is 1. The van der Waals surface area contributed by atoms with Crippen LogP contribution in [0.5, 0.6) is 5.75 Å². The lowest BCUT2D eigenvalue weighted by Crippen LogP contribution is -2.33. The van der Waals surface area contributed by atoms with Gasteiger partial charge in [-0.15, -0.1) is 0 Å². The van der Waals surface area contributed by atoms with Crippen LogP contribution in [0, 0.1) is 16.0 Å². The molecular formula is C13H20N2O4. The topological polar surface area (TPSA) is 95.6 Å². The Labute approximate surface area is 112 Å². The van der Waals surface area contributed by atoms with Crippen LogP contribution in [-0.2, 0) is 6.54 Å². The zero-order chi connectivity index (χ0) is 14.4. The summed E-state index contributed by atoms with van der Waals surface area (Å²) >= 11 is 0. The Hall–Kier alpha value is -1.66. The molecule has 0 amide bonds. The SMILES string of the molecule is CC(C)CC(CO)NCc1cc([N+](=O)[O-])ccc1O. The highest BCUT2D eigenvalue weighted by Gasteiger charge is 2.13. The molecule has 0 radical (unpaired) electrons. The van der Waals surface area contributed by atoms with Gasteiger partial charge in [-0.3, -0.25) is 10.1 Å². The predicted molar refractivity (Wildman–Crippen MR) is 71.9 cm³/mol. The van der Waals surface area contributed by atoms with Gasteiger partial charge in [0.25, 0.3) is 5.69 Å². The fraction of sp³-hybridized carbons (Fsp3) is 0.538. The molecule has 1 aromatic carbocycles. The molecule has 0 aliphatic carbocycles. The largest absolute Gasteiger partial charge is 0.508 e. The van der Waals surface area contributed by atoms with Gasteiger partial charge in [0, 0.05) is 30.3 Å². The zero-order valence-electron chi connectivity index (χ0n) is 11.2. The van der Waals surface area contributed by atoms with Crippen LogP contribution in [-0.4, -0.2) is 27.8 Å². The third kappa shape index (κ3) is 4.84. The first-order valence-corrected chi connectivity index (χ1v) is 6.24. The van der Waals surface area contributed by atoms with Gasteiger partial charge >= 0.3 is 0 Å². The van der Waals surface area contributed by atoms with Crippen molar-refractivity contribution in [3.8, 4) is 5.75 Å². The van der Waals surface area contributed by atoms with Gasteiger partial charge in [-0.2, -0.15) is 0 Å². The van der Waals surface area contributed by atoms with Crippen LogP contribution < -0.4 is 5.32 Å². The quantitative estimate of drug-likeness (QED) is 0.517. The van der Waals surface area contributed by atoms with Crippen molar-refractivity contribution < 1.29 is 15.1 Å². The van der Waals surface area contributed by atoms with E-state index in [-0.39, 0.29) is 30.6 Å². The molecule has 1 atom stereocenters. The summed E-state index contributed by atoms with van der Waals surface area (Å²) in [6.07, 6.45) is 0.798. The highest BCUT2D eigenvalue weighted by molar-refractivity contribution is 5.42. The average Bonchev–Trinajstić information content (AvgIpc) is 2.35. The lowest BCUT2D eigenvalue weighted by atomic mass is 10.0. The van der Waals surface area contributed by atoms with Crippen LogP contribution in [0.15, 0.2) is 18.2 Å². The van der Waals surface area contributed by atoms with Gasteiger partial charge in [0.05, 0.1) is 11.5 Å². The van der Waals surface area contributed by atoms with Gasteiger partial charge in [0.1, 0.15) is 5.75 Å². The summed E-state index contributed by atoms with van der Waals surface area (Å²) < 4.78 is 0. The minimum absolute atomic E-state index is 0.00608. The van der Waals surface area contributed by atoms with Crippen molar-refractivity contribution >= 4 is 5.69 Å². The highest BCUT2D eigenvalue weighted by atomic mass is 16.6. The van der Waals surface area contributed by atoms with Crippen LogP contribution >= 0.6 is 0 Å². The van der Waals surface area contributed by atoms with Crippen molar-refractivity contribution in [1.29, 1.82) is 0 Å². The molecule has 3 N–H and O–H groups in total. The van der Waals surface area contributed by atoms with Crippen molar-refractivity contribution in [2.45, 2.75) is 32.9 Å². The molecule has 1 unspecified atom stereocenters. The summed E-state index contributed by atoms with van der Waals surface area (Å²) in [6.45, 7) is 4.38. The first-order valence-electron chi connectivity index (χ1n) is 6.24. The van der Waals surface area contributed by atoms with Gasteiger partial charge in [0.2, 0.25) is 0 Å². The molecular weight excluding hydrogens is 248 g/mol. The third-order valence-electron chi connectivity index (χ3n) is 2.83. The number of rotatable bonds is 7. The molecule has 1 aromatic rings. The minimum Gasteiger partial charge on any atom is -0.508 e. The van der Waals surface area contributed by atoms with Crippen LogP contribution in [0.25, 0.3) is 0 Å². The van der Waals surface area contributed by atoms with Crippen molar-refractivity contribution in [3.05, 3.63) is 33.9 Å². The molecule has 6 nitrogen and oxygen atoms in total. The van der Waals surface area contributed by atoms with Gasteiger partial charge in [-0.1, -0.05) is 13.8 Å². The van der Waals surface area contributed by atoms with E-state index in [1.54, 1.807) is 0 Å². The number of non-ortho nitro benzene ring substituents is 1. The van der Waals surface area contributed by atoms with E-state index in [4.69, 9.17) is 0 Å². The van der Waals surface area contributed by atoms with Crippen molar-refractivity contribution in [2.24, 2.45) is 5.92 Å². The lowest BCUT2D eigenvalue weighted by Gasteiger charge is -2.18. The number of nitro benzene ring substituents is 1.